The molecule has 1 atom stereocenters. The summed E-state index contributed by atoms with van der Waals surface area (Å²) < 4.78 is 40.7. The maximum absolute atomic E-state index is 13.0. The van der Waals surface area contributed by atoms with Crippen molar-refractivity contribution in [3.8, 4) is 0 Å². The first-order valence-electron chi connectivity index (χ1n) is 5.33. The predicted octanol–water partition coefficient (Wildman–Crippen LogP) is 2.65. The Morgan fingerprint density at radius 1 is 1.35 bits per heavy atom. The Kier molecular flexibility index (Phi) is 1.97. The number of hydrogen-bond acceptors (Lipinski definition) is 1. The minimum absolute atomic E-state index is 0.314. The molecule has 0 amide bonds. The SMILES string of the molecule is CN1C=C2C=C(Cn3cccc32)C1C(F)(F)F. The molecule has 3 rings (SSSR count). The minimum Gasteiger partial charge on any atom is -0.365 e. The van der Waals surface area contributed by atoms with Crippen LogP contribution >= 0.6 is 0 Å². The van der Waals surface area contributed by atoms with Gasteiger partial charge >= 0.3 is 6.18 Å². The molecule has 2 aliphatic heterocycles. The summed E-state index contributed by atoms with van der Waals surface area (Å²) in [5.74, 6) is 0. The average molecular weight is 240 g/mol. The van der Waals surface area contributed by atoms with E-state index in [4.69, 9.17) is 0 Å². The summed E-state index contributed by atoms with van der Waals surface area (Å²) in [4.78, 5) is 1.25. The number of rotatable bonds is 0. The summed E-state index contributed by atoms with van der Waals surface area (Å²) in [6, 6.07) is 2.27. The van der Waals surface area contributed by atoms with E-state index in [1.54, 1.807) is 12.3 Å². The highest BCUT2D eigenvalue weighted by Crippen LogP contribution is 2.38. The van der Waals surface area contributed by atoms with Crippen LogP contribution in [0.25, 0.3) is 5.57 Å². The molecule has 1 unspecified atom stereocenters. The molecule has 0 aliphatic carbocycles. The van der Waals surface area contributed by atoms with Crippen LogP contribution in [-0.4, -0.2) is 28.7 Å². The van der Waals surface area contributed by atoms with Crippen molar-refractivity contribution in [2.24, 2.45) is 0 Å². The van der Waals surface area contributed by atoms with Crippen LogP contribution in [0.3, 0.4) is 0 Å². The third-order valence-corrected chi connectivity index (χ3v) is 3.23. The number of hydrogen-bond donors (Lipinski definition) is 0. The zero-order chi connectivity index (χ0) is 12.2. The maximum Gasteiger partial charge on any atom is 0.412 e. The molecule has 5 heteroatoms. The van der Waals surface area contributed by atoms with Gasteiger partial charge in [0.2, 0.25) is 0 Å². The van der Waals surface area contributed by atoms with E-state index < -0.39 is 12.2 Å². The molecule has 0 spiro atoms. The molecular formula is C12H11F3N2. The van der Waals surface area contributed by atoms with Gasteiger partial charge in [-0.15, -0.1) is 0 Å². The van der Waals surface area contributed by atoms with Crippen LogP contribution in [0, 0.1) is 0 Å². The average Bonchev–Trinajstić information content (AvgIpc) is 2.62. The topological polar surface area (TPSA) is 8.17 Å². The zero-order valence-corrected chi connectivity index (χ0v) is 9.20. The molecule has 2 nitrogen and oxygen atoms in total. The first-order chi connectivity index (χ1) is 7.97. The van der Waals surface area contributed by atoms with E-state index in [2.05, 4.69) is 0 Å². The molecule has 1 aromatic rings. The smallest absolute Gasteiger partial charge is 0.365 e. The zero-order valence-electron chi connectivity index (χ0n) is 9.20. The van der Waals surface area contributed by atoms with Crippen LogP contribution in [0.1, 0.15) is 5.69 Å². The molecule has 2 aliphatic rings. The van der Waals surface area contributed by atoms with Crippen molar-refractivity contribution in [3.63, 3.8) is 0 Å². The number of nitrogens with zero attached hydrogens (tertiary/aromatic N) is 2. The number of halogens is 3. The Balaban J connectivity index is 2.08. The van der Waals surface area contributed by atoms with Crippen LogP contribution in [0.5, 0.6) is 0 Å². The van der Waals surface area contributed by atoms with E-state index in [-0.39, 0.29) is 0 Å². The van der Waals surface area contributed by atoms with Gasteiger partial charge in [0.25, 0.3) is 0 Å². The van der Waals surface area contributed by atoms with Crippen LogP contribution in [0.4, 0.5) is 13.2 Å². The molecule has 0 fully saturated rings. The van der Waals surface area contributed by atoms with Gasteiger partial charge in [0.05, 0.1) is 0 Å². The van der Waals surface area contributed by atoms with Crippen molar-refractivity contribution >= 4 is 5.57 Å². The number of aromatic nitrogens is 1. The van der Waals surface area contributed by atoms with Crippen molar-refractivity contribution < 1.29 is 13.2 Å². The van der Waals surface area contributed by atoms with Gasteiger partial charge in [0, 0.05) is 37.3 Å². The standard InChI is InChI=1S/C12H11F3N2/c1-16-6-8-5-9(11(16)12(13,14)15)7-17-4-2-3-10(8)17/h2-6,11H,7H2,1H3. The van der Waals surface area contributed by atoms with Crippen LogP contribution < -0.4 is 0 Å². The Labute approximate surface area is 96.6 Å². The summed E-state index contributed by atoms with van der Waals surface area (Å²) in [7, 11) is 1.48. The van der Waals surface area contributed by atoms with Crippen molar-refractivity contribution in [1.82, 2.24) is 9.47 Å². The fourth-order valence-corrected chi connectivity index (χ4v) is 2.60. The largest absolute Gasteiger partial charge is 0.412 e. The highest BCUT2D eigenvalue weighted by Gasteiger charge is 2.46. The lowest BCUT2D eigenvalue weighted by molar-refractivity contribution is -0.165. The lowest BCUT2D eigenvalue weighted by Gasteiger charge is -2.37. The van der Waals surface area contributed by atoms with Gasteiger partial charge in [-0.1, -0.05) is 0 Å². The fraction of sp³-hybridized carbons (Fsp3) is 0.333. The Morgan fingerprint density at radius 3 is 2.82 bits per heavy atom. The van der Waals surface area contributed by atoms with Gasteiger partial charge in [-0.2, -0.15) is 13.2 Å². The van der Waals surface area contributed by atoms with Crippen LogP contribution in [0.15, 0.2) is 36.2 Å². The predicted molar refractivity (Wildman–Crippen MR) is 58.1 cm³/mol. The fourth-order valence-electron chi connectivity index (χ4n) is 2.60. The first kappa shape index (κ1) is 10.5. The Hall–Kier alpha value is -1.65. The molecule has 90 valence electrons. The molecule has 1 aromatic heterocycles. The molecule has 0 saturated carbocycles. The quantitative estimate of drug-likeness (QED) is 0.676. The highest BCUT2D eigenvalue weighted by molar-refractivity contribution is 5.76. The molecule has 17 heavy (non-hydrogen) atoms. The molecule has 0 N–H and O–H groups in total. The molecular weight excluding hydrogens is 229 g/mol. The summed E-state index contributed by atoms with van der Waals surface area (Å²) >= 11 is 0. The number of allylic oxidation sites excluding steroid dienone is 2. The van der Waals surface area contributed by atoms with E-state index in [1.807, 2.05) is 22.9 Å². The second kappa shape index (κ2) is 3.18. The maximum atomic E-state index is 13.0. The molecule has 0 aromatic carbocycles. The lowest BCUT2D eigenvalue weighted by atomic mass is 9.94. The summed E-state index contributed by atoms with van der Waals surface area (Å²) in [6.45, 7) is 0.314. The third-order valence-electron chi connectivity index (χ3n) is 3.23. The van der Waals surface area contributed by atoms with Crippen LogP contribution in [0.2, 0.25) is 0 Å². The van der Waals surface area contributed by atoms with Crippen molar-refractivity contribution in [2.45, 2.75) is 18.8 Å². The summed E-state index contributed by atoms with van der Waals surface area (Å²) in [5, 5.41) is 0. The molecule has 0 saturated heterocycles. The third kappa shape index (κ3) is 1.49. The van der Waals surface area contributed by atoms with Gasteiger partial charge in [0.15, 0.2) is 0 Å². The normalized spacial score (nSPS) is 23.1. The first-order valence-corrected chi connectivity index (χ1v) is 5.33. The highest BCUT2D eigenvalue weighted by atomic mass is 19.4. The van der Waals surface area contributed by atoms with Crippen molar-refractivity contribution in [2.75, 3.05) is 7.05 Å². The van der Waals surface area contributed by atoms with E-state index >= 15 is 0 Å². The monoisotopic (exact) mass is 240 g/mol. The van der Waals surface area contributed by atoms with Gasteiger partial charge in [-0.25, -0.2) is 0 Å². The van der Waals surface area contributed by atoms with Gasteiger partial charge in [-0.05, 0) is 23.8 Å². The van der Waals surface area contributed by atoms with Crippen molar-refractivity contribution in [1.29, 1.82) is 0 Å². The van der Waals surface area contributed by atoms with E-state index in [0.717, 1.165) is 11.3 Å². The molecule has 0 radical (unpaired) electrons. The second-order valence-electron chi connectivity index (χ2n) is 4.43. The van der Waals surface area contributed by atoms with Gasteiger partial charge in [0.1, 0.15) is 6.04 Å². The Bertz CT molecular complexity index is 522. The lowest BCUT2D eigenvalue weighted by Crippen LogP contribution is -2.45. The van der Waals surface area contributed by atoms with Crippen molar-refractivity contribution in [3.05, 3.63) is 41.9 Å². The van der Waals surface area contributed by atoms with Crippen LogP contribution in [-0.2, 0) is 6.54 Å². The number of likely N-dealkylation sites (N-methyl/N-ethyl adjacent to an activating group) is 1. The van der Waals surface area contributed by atoms with E-state index in [9.17, 15) is 13.2 Å². The Morgan fingerprint density at radius 2 is 2.12 bits per heavy atom. The number of alkyl halides is 3. The van der Waals surface area contributed by atoms with Gasteiger partial charge < -0.3 is 9.47 Å². The molecule has 2 bridgehead atoms. The summed E-state index contributed by atoms with van der Waals surface area (Å²) in [5.41, 5.74) is 2.22. The second-order valence-corrected chi connectivity index (χ2v) is 4.43. The van der Waals surface area contributed by atoms with E-state index in [1.165, 1.54) is 11.9 Å². The summed E-state index contributed by atoms with van der Waals surface area (Å²) in [6.07, 6.45) is 0.808. The number of fused-ring (bicyclic) bond motifs is 3. The van der Waals surface area contributed by atoms with E-state index in [0.29, 0.717) is 12.1 Å². The minimum atomic E-state index is -4.23. The van der Waals surface area contributed by atoms with Gasteiger partial charge in [-0.3, -0.25) is 0 Å². The molecule has 3 heterocycles.